The first-order chi connectivity index (χ1) is 26.6. The largest absolute Gasteiger partial charge is 0.394 e. The van der Waals surface area contributed by atoms with Gasteiger partial charge in [0.15, 0.2) is 0 Å². The quantitative estimate of drug-likeness (QED) is 0.135. The highest BCUT2D eigenvalue weighted by Gasteiger charge is 2.81. The van der Waals surface area contributed by atoms with E-state index in [1.807, 2.05) is 59.5 Å². The molecular formula is C43H43Cl2F2N3O5. The first kappa shape index (κ1) is 38.0. The third kappa shape index (κ3) is 6.08. The van der Waals surface area contributed by atoms with Gasteiger partial charge >= 0.3 is 0 Å². The maximum absolute atomic E-state index is 15.5. The van der Waals surface area contributed by atoms with Crippen molar-refractivity contribution in [2.24, 2.45) is 5.41 Å². The van der Waals surface area contributed by atoms with Gasteiger partial charge in [0.05, 0.1) is 56.9 Å². The number of nitrogens with zero attached hydrogens (tertiary/aromatic N) is 1. The summed E-state index contributed by atoms with van der Waals surface area (Å²) >= 11 is 13.2. The first-order valence-electron chi connectivity index (χ1n) is 18.7. The topological polar surface area (TPSA) is 111 Å². The Kier molecular flexibility index (Phi) is 10.3. The van der Waals surface area contributed by atoms with Crippen LogP contribution >= 0.6 is 23.2 Å². The van der Waals surface area contributed by atoms with Crippen LogP contribution in [0.3, 0.4) is 0 Å². The predicted molar refractivity (Wildman–Crippen MR) is 207 cm³/mol. The van der Waals surface area contributed by atoms with Gasteiger partial charge in [-0.2, -0.15) is 0 Å². The summed E-state index contributed by atoms with van der Waals surface area (Å²) in [6, 6.07) is 27.9. The molecule has 4 aromatic carbocycles. The van der Waals surface area contributed by atoms with E-state index in [-0.39, 0.29) is 32.2 Å². The fourth-order valence-electron chi connectivity index (χ4n) is 10.3. The number of carbonyl (C=O) groups excluding carboxylic acids is 2. The lowest BCUT2D eigenvalue weighted by Crippen LogP contribution is -2.72. The molecule has 1 aliphatic carbocycles. The average molecular weight is 791 g/mol. The van der Waals surface area contributed by atoms with Crippen molar-refractivity contribution in [3.05, 3.63) is 135 Å². The fourth-order valence-corrected chi connectivity index (χ4v) is 10.7. The number of hydrogen-bond donors (Lipinski definition) is 4. The molecule has 8 rings (SSSR count). The molecule has 0 aromatic heterocycles. The van der Waals surface area contributed by atoms with Gasteiger partial charge in [0.1, 0.15) is 5.41 Å². The number of alkyl halides is 2. The predicted octanol–water partition coefficient (Wildman–Crippen LogP) is 7.24. The van der Waals surface area contributed by atoms with Crippen molar-refractivity contribution < 1.29 is 33.3 Å². The zero-order valence-corrected chi connectivity index (χ0v) is 31.5. The minimum Gasteiger partial charge on any atom is -0.394 e. The molecule has 2 saturated heterocycles. The molecule has 4 N–H and O–H groups in total. The zero-order valence-electron chi connectivity index (χ0n) is 30.0. The van der Waals surface area contributed by atoms with Gasteiger partial charge in [-0.15, -0.1) is 0 Å². The molecule has 288 valence electrons. The molecule has 1 saturated carbocycles. The number of halogens is 4. The van der Waals surface area contributed by atoms with E-state index < -0.39 is 71.7 Å². The SMILES string of the molecule is O=C(NC1CC[C@@H](CO)OC1)[C@H]1[C@H](c2cccc(Cl)c2)C2(C(=O)Nc3cc(Cl)ccc32)C2(CC(CF)(CF)C2)N1[C@H](c1ccccc1)[C@@H](O)c1ccccc1. The van der Waals surface area contributed by atoms with Crippen LogP contribution in [0.2, 0.25) is 10.0 Å². The summed E-state index contributed by atoms with van der Waals surface area (Å²) in [5.74, 6) is -1.85. The number of amides is 2. The summed E-state index contributed by atoms with van der Waals surface area (Å²) in [6.07, 6.45) is -0.801. The molecule has 2 unspecified atom stereocenters. The van der Waals surface area contributed by atoms with E-state index in [9.17, 15) is 10.2 Å². The summed E-state index contributed by atoms with van der Waals surface area (Å²) < 4.78 is 36.4. The van der Waals surface area contributed by atoms with E-state index in [0.717, 1.165) is 0 Å². The summed E-state index contributed by atoms with van der Waals surface area (Å²) in [4.78, 5) is 32.8. The second kappa shape index (κ2) is 14.9. The number of ether oxygens (including phenoxy) is 1. The van der Waals surface area contributed by atoms with Gasteiger partial charge < -0.3 is 25.6 Å². The van der Waals surface area contributed by atoms with Crippen LogP contribution in [0, 0.1) is 5.41 Å². The number of benzene rings is 4. The molecule has 0 radical (unpaired) electrons. The average Bonchev–Trinajstić information content (AvgIpc) is 3.63. The Morgan fingerprint density at radius 2 is 1.58 bits per heavy atom. The molecule has 7 atom stereocenters. The maximum atomic E-state index is 15.5. The fraction of sp³-hybridized carbons (Fsp3) is 0.395. The summed E-state index contributed by atoms with van der Waals surface area (Å²) in [5.41, 5.74) is -1.72. The van der Waals surface area contributed by atoms with Crippen LogP contribution < -0.4 is 10.6 Å². The molecule has 3 aliphatic heterocycles. The van der Waals surface area contributed by atoms with Crippen molar-refractivity contribution in [2.75, 3.05) is 31.9 Å². The number of carbonyl (C=O) groups is 2. The number of likely N-dealkylation sites (tertiary alicyclic amines) is 1. The van der Waals surface area contributed by atoms with E-state index in [2.05, 4.69) is 10.6 Å². The van der Waals surface area contributed by atoms with Crippen LogP contribution in [-0.2, 0) is 19.7 Å². The van der Waals surface area contributed by atoms with Gasteiger partial charge in [0, 0.05) is 32.6 Å². The van der Waals surface area contributed by atoms with Crippen LogP contribution in [-0.4, -0.2) is 77.2 Å². The molecular weight excluding hydrogens is 747 g/mol. The number of anilines is 1. The van der Waals surface area contributed by atoms with Crippen molar-refractivity contribution in [1.82, 2.24) is 10.2 Å². The van der Waals surface area contributed by atoms with Gasteiger partial charge in [0.25, 0.3) is 0 Å². The minimum absolute atomic E-state index is 0.126. The van der Waals surface area contributed by atoms with Gasteiger partial charge in [0.2, 0.25) is 11.8 Å². The van der Waals surface area contributed by atoms with Crippen LogP contribution in [0.15, 0.2) is 103 Å². The second-order valence-electron chi connectivity index (χ2n) is 15.6. The summed E-state index contributed by atoms with van der Waals surface area (Å²) in [5, 5.41) is 29.5. The Hall–Kier alpha value is -3.90. The van der Waals surface area contributed by atoms with Crippen molar-refractivity contribution in [2.45, 2.75) is 72.9 Å². The van der Waals surface area contributed by atoms with Crippen LogP contribution in [0.4, 0.5) is 14.5 Å². The van der Waals surface area contributed by atoms with E-state index in [1.165, 1.54) is 0 Å². The number of fused-ring (bicyclic) bond motifs is 3. The minimum atomic E-state index is -1.62. The van der Waals surface area contributed by atoms with E-state index >= 15 is 18.4 Å². The molecule has 4 aromatic rings. The Bertz CT molecular complexity index is 2040. The monoisotopic (exact) mass is 789 g/mol. The standard InChI is InChI=1S/C43H43Cl2F2N3O5/c44-29-13-7-12-28(18-29)35-37(39(53)48-31-15-16-32(20-51)55-21-31)50(36(26-8-3-1-4-9-26)38(52)27-10-5-2-6-11-27)42(22-41(23-42,24-46)25-47)43(35)33-17-14-30(45)19-34(33)49-40(43)54/h1-14,17-19,31-32,35-38,51-52H,15-16,20-25H2,(H,48,53)(H,49,54)/t31?,32-,35-,36+,37+,38-,43?/m0/s1. The number of aliphatic hydroxyl groups excluding tert-OH is 2. The smallest absolute Gasteiger partial charge is 0.238 e. The third-order valence-corrected chi connectivity index (χ3v) is 13.0. The summed E-state index contributed by atoms with van der Waals surface area (Å²) in [7, 11) is 0. The maximum Gasteiger partial charge on any atom is 0.238 e. The Labute approximate surface area is 328 Å². The second-order valence-corrected chi connectivity index (χ2v) is 16.5. The summed E-state index contributed by atoms with van der Waals surface area (Å²) in [6.45, 7) is -1.94. The number of rotatable bonds is 10. The molecule has 12 heteroatoms. The highest BCUT2D eigenvalue weighted by Crippen LogP contribution is 2.74. The van der Waals surface area contributed by atoms with E-state index in [0.29, 0.717) is 50.8 Å². The van der Waals surface area contributed by atoms with Crippen LogP contribution in [0.25, 0.3) is 0 Å². The van der Waals surface area contributed by atoms with Crippen molar-refractivity contribution >= 4 is 40.7 Å². The molecule has 2 amide bonds. The molecule has 2 spiro atoms. The Balaban J connectivity index is 1.43. The van der Waals surface area contributed by atoms with Gasteiger partial charge in [-0.05, 0) is 72.2 Å². The number of hydrogen-bond acceptors (Lipinski definition) is 6. The third-order valence-electron chi connectivity index (χ3n) is 12.5. The Morgan fingerprint density at radius 3 is 2.20 bits per heavy atom. The molecule has 0 bridgehead atoms. The molecule has 55 heavy (non-hydrogen) atoms. The van der Waals surface area contributed by atoms with Gasteiger partial charge in [-0.1, -0.05) is 102 Å². The normalized spacial score (nSPS) is 27.6. The molecule has 8 nitrogen and oxygen atoms in total. The lowest BCUT2D eigenvalue weighted by atomic mass is 9.45. The molecule has 4 aliphatic rings. The zero-order chi connectivity index (χ0) is 38.5. The van der Waals surface area contributed by atoms with Gasteiger partial charge in [-0.3, -0.25) is 23.3 Å². The van der Waals surface area contributed by atoms with E-state index in [1.54, 1.807) is 48.5 Å². The number of nitrogens with one attached hydrogen (secondary N) is 2. The molecule has 3 heterocycles. The van der Waals surface area contributed by atoms with Crippen molar-refractivity contribution in [3.8, 4) is 0 Å². The Morgan fingerprint density at radius 1 is 0.909 bits per heavy atom. The number of aliphatic hydroxyl groups is 2. The van der Waals surface area contributed by atoms with Crippen molar-refractivity contribution in [3.63, 3.8) is 0 Å². The van der Waals surface area contributed by atoms with Gasteiger partial charge in [-0.25, -0.2) is 0 Å². The molecule has 3 fully saturated rings. The highest BCUT2D eigenvalue weighted by atomic mass is 35.5. The van der Waals surface area contributed by atoms with Crippen LogP contribution in [0.1, 0.15) is 66.0 Å². The highest BCUT2D eigenvalue weighted by molar-refractivity contribution is 6.31. The van der Waals surface area contributed by atoms with E-state index in [4.69, 9.17) is 27.9 Å². The lowest BCUT2D eigenvalue weighted by molar-refractivity contribution is -0.166. The van der Waals surface area contributed by atoms with Crippen LogP contribution in [0.5, 0.6) is 0 Å². The van der Waals surface area contributed by atoms with Crippen molar-refractivity contribution in [1.29, 1.82) is 0 Å². The lowest BCUT2D eigenvalue weighted by Gasteiger charge is -2.63. The first-order valence-corrected chi connectivity index (χ1v) is 19.4.